The lowest BCUT2D eigenvalue weighted by atomic mass is 10.1. The van der Waals surface area contributed by atoms with Crippen LogP contribution in [0.3, 0.4) is 0 Å². The molecule has 5 heteroatoms. The SMILES string of the molecule is CN(C)CCOc1ccccc1C(=O)N(C)C1CCNC1. The number of nitrogens with one attached hydrogen (secondary N) is 1. The number of amides is 1. The molecule has 1 aromatic rings. The molecule has 1 aliphatic heterocycles. The standard InChI is InChI=1S/C16H25N3O2/c1-18(2)10-11-21-15-7-5-4-6-14(15)16(20)19(3)13-8-9-17-12-13/h4-7,13,17H,8-12H2,1-3H3. The minimum absolute atomic E-state index is 0.0316. The van der Waals surface area contributed by atoms with Crippen molar-refractivity contribution in [3.63, 3.8) is 0 Å². The van der Waals surface area contributed by atoms with Crippen LogP contribution in [0, 0.1) is 0 Å². The molecule has 21 heavy (non-hydrogen) atoms. The van der Waals surface area contributed by atoms with Gasteiger partial charge in [0.05, 0.1) is 5.56 Å². The van der Waals surface area contributed by atoms with E-state index in [-0.39, 0.29) is 11.9 Å². The molecule has 1 amide bonds. The van der Waals surface area contributed by atoms with E-state index in [9.17, 15) is 4.79 Å². The molecular formula is C16H25N3O2. The third-order valence-corrected chi connectivity index (χ3v) is 3.82. The van der Waals surface area contributed by atoms with Crippen molar-refractivity contribution in [2.45, 2.75) is 12.5 Å². The minimum atomic E-state index is 0.0316. The van der Waals surface area contributed by atoms with Gasteiger partial charge in [-0.15, -0.1) is 0 Å². The Labute approximate surface area is 126 Å². The number of benzene rings is 1. The molecule has 0 radical (unpaired) electrons. The summed E-state index contributed by atoms with van der Waals surface area (Å²) >= 11 is 0. The van der Waals surface area contributed by atoms with Crippen molar-refractivity contribution in [2.75, 3.05) is 47.4 Å². The first-order valence-electron chi connectivity index (χ1n) is 7.44. The van der Waals surface area contributed by atoms with E-state index in [1.54, 1.807) is 0 Å². The average Bonchev–Trinajstić information content (AvgIpc) is 3.00. The maximum Gasteiger partial charge on any atom is 0.257 e. The summed E-state index contributed by atoms with van der Waals surface area (Å²) in [6, 6.07) is 7.76. The van der Waals surface area contributed by atoms with Crippen molar-refractivity contribution in [2.24, 2.45) is 0 Å². The Morgan fingerprint density at radius 1 is 1.33 bits per heavy atom. The van der Waals surface area contributed by atoms with Crippen LogP contribution in [0.15, 0.2) is 24.3 Å². The fourth-order valence-corrected chi connectivity index (χ4v) is 2.43. The second kappa shape index (κ2) is 7.43. The lowest BCUT2D eigenvalue weighted by Gasteiger charge is -2.25. The highest BCUT2D eigenvalue weighted by molar-refractivity contribution is 5.97. The van der Waals surface area contributed by atoms with E-state index in [1.807, 2.05) is 50.3 Å². The normalized spacial score (nSPS) is 18.0. The summed E-state index contributed by atoms with van der Waals surface area (Å²) in [4.78, 5) is 16.5. The van der Waals surface area contributed by atoms with E-state index >= 15 is 0 Å². The van der Waals surface area contributed by atoms with E-state index in [0.717, 1.165) is 26.1 Å². The van der Waals surface area contributed by atoms with Crippen LogP contribution >= 0.6 is 0 Å². The molecule has 0 spiro atoms. The minimum Gasteiger partial charge on any atom is -0.491 e. The maximum absolute atomic E-state index is 12.7. The summed E-state index contributed by atoms with van der Waals surface area (Å²) in [5.74, 6) is 0.700. The molecule has 2 rings (SSSR count). The number of ether oxygens (including phenoxy) is 1. The lowest BCUT2D eigenvalue weighted by Crippen LogP contribution is -2.38. The van der Waals surface area contributed by atoms with Crippen molar-refractivity contribution in [3.8, 4) is 5.75 Å². The van der Waals surface area contributed by atoms with E-state index in [2.05, 4.69) is 10.2 Å². The Bertz CT molecular complexity index is 470. The van der Waals surface area contributed by atoms with E-state index < -0.39 is 0 Å². The van der Waals surface area contributed by atoms with Crippen LogP contribution in [-0.4, -0.2) is 69.1 Å². The number of rotatable bonds is 6. The molecule has 1 heterocycles. The van der Waals surface area contributed by atoms with E-state index in [1.165, 1.54) is 0 Å². The highest BCUT2D eigenvalue weighted by atomic mass is 16.5. The van der Waals surface area contributed by atoms with Gasteiger partial charge in [-0.2, -0.15) is 0 Å². The molecule has 0 saturated carbocycles. The highest BCUT2D eigenvalue weighted by Crippen LogP contribution is 2.21. The smallest absolute Gasteiger partial charge is 0.257 e. The van der Waals surface area contributed by atoms with Gasteiger partial charge in [0.25, 0.3) is 5.91 Å². The summed E-state index contributed by atoms with van der Waals surface area (Å²) in [6.07, 6.45) is 1.01. The quantitative estimate of drug-likeness (QED) is 0.851. The zero-order chi connectivity index (χ0) is 15.2. The largest absolute Gasteiger partial charge is 0.491 e. The van der Waals surface area contributed by atoms with Crippen molar-refractivity contribution < 1.29 is 9.53 Å². The zero-order valence-electron chi connectivity index (χ0n) is 13.1. The van der Waals surface area contributed by atoms with Crippen LogP contribution < -0.4 is 10.1 Å². The van der Waals surface area contributed by atoms with Crippen LogP contribution in [0.4, 0.5) is 0 Å². The Kier molecular flexibility index (Phi) is 5.59. The first kappa shape index (κ1) is 15.8. The second-order valence-electron chi connectivity index (χ2n) is 5.71. The zero-order valence-corrected chi connectivity index (χ0v) is 13.1. The summed E-state index contributed by atoms with van der Waals surface area (Å²) < 4.78 is 5.78. The first-order chi connectivity index (χ1) is 10.1. The monoisotopic (exact) mass is 291 g/mol. The van der Waals surface area contributed by atoms with Crippen LogP contribution in [0.25, 0.3) is 0 Å². The van der Waals surface area contributed by atoms with Gasteiger partial charge in [0.1, 0.15) is 12.4 Å². The molecule has 1 saturated heterocycles. The Hall–Kier alpha value is -1.59. The van der Waals surface area contributed by atoms with Crippen molar-refractivity contribution in [1.29, 1.82) is 0 Å². The van der Waals surface area contributed by atoms with Gasteiger partial charge < -0.3 is 19.9 Å². The number of hydrogen-bond acceptors (Lipinski definition) is 4. The van der Waals surface area contributed by atoms with Gasteiger partial charge in [0.2, 0.25) is 0 Å². The Balaban J connectivity index is 2.05. The molecule has 0 bridgehead atoms. The first-order valence-corrected chi connectivity index (χ1v) is 7.44. The topological polar surface area (TPSA) is 44.8 Å². The lowest BCUT2D eigenvalue weighted by molar-refractivity contribution is 0.0739. The van der Waals surface area contributed by atoms with Gasteiger partial charge in [0.15, 0.2) is 0 Å². The molecule has 1 unspecified atom stereocenters. The van der Waals surface area contributed by atoms with Gasteiger partial charge >= 0.3 is 0 Å². The Morgan fingerprint density at radius 2 is 2.10 bits per heavy atom. The average molecular weight is 291 g/mol. The molecule has 0 aliphatic carbocycles. The number of carbonyl (C=O) groups excluding carboxylic acids is 1. The summed E-state index contributed by atoms with van der Waals surface area (Å²) in [6.45, 7) is 3.24. The van der Waals surface area contributed by atoms with E-state index in [4.69, 9.17) is 4.74 Å². The van der Waals surface area contributed by atoms with Gasteiger partial charge in [-0.25, -0.2) is 0 Å². The van der Waals surface area contributed by atoms with Crippen molar-refractivity contribution in [3.05, 3.63) is 29.8 Å². The fourth-order valence-electron chi connectivity index (χ4n) is 2.43. The summed E-state index contributed by atoms with van der Waals surface area (Å²) in [5, 5.41) is 3.29. The van der Waals surface area contributed by atoms with Gasteiger partial charge in [-0.1, -0.05) is 12.1 Å². The molecule has 1 aromatic carbocycles. The van der Waals surface area contributed by atoms with Gasteiger partial charge in [0, 0.05) is 26.2 Å². The van der Waals surface area contributed by atoms with Gasteiger partial charge in [-0.3, -0.25) is 4.79 Å². The van der Waals surface area contributed by atoms with Crippen LogP contribution in [0.5, 0.6) is 5.75 Å². The predicted octanol–water partition coefficient (Wildman–Crippen LogP) is 1.06. The predicted molar refractivity (Wildman–Crippen MR) is 83.9 cm³/mol. The summed E-state index contributed by atoms with van der Waals surface area (Å²) in [5.41, 5.74) is 0.644. The number of para-hydroxylation sites is 1. The van der Waals surface area contributed by atoms with E-state index in [0.29, 0.717) is 17.9 Å². The summed E-state index contributed by atoms with van der Waals surface area (Å²) in [7, 11) is 5.87. The Morgan fingerprint density at radius 3 is 2.76 bits per heavy atom. The highest BCUT2D eigenvalue weighted by Gasteiger charge is 2.25. The third-order valence-electron chi connectivity index (χ3n) is 3.82. The number of hydrogen-bond donors (Lipinski definition) is 1. The molecular weight excluding hydrogens is 266 g/mol. The maximum atomic E-state index is 12.7. The van der Waals surface area contributed by atoms with Crippen LogP contribution in [0.1, 0.15) is 16.8 Å². The van der Waals surface area contributed by atoms with Crippen LogP contribution in [0.2, 0.25) is 0 Å². The second-order valence-corrected chi connectivity index (χ2v) is 5.71. The molecule has 0 aromatic heterocycles. The molecule has 116 valence electrons. The molecule has 1 fully saturated rings. The molecule has 1 aliphatic rings. The molecule has 5 nitrogen and oxygen atoms in total. The van der Waals surface area contributed by atoms with Crippen molar-refractivity contribution >= 4 is 5.91 Å². The van der Waals surface area contributed by atoms with Gasteiger partial charge in [-0.05, 0) is 39.2 Å². The number of carbonyl (C=O) groups is 1. The van der Waals surface area contributed by atoms with Crippen LogP contribution in [-0.2, 0) is 0 Å². The fraction of sp³-hybridized carbons (Fsp3) is 0.562. The third kappa shape index (κ3) is 4.19. The number of nitrogens with zero attached hydrogens (tertiary/aromatic N) is 2. The molecule has 1 N–H and O–H groups in total. The molecule has 1 atom stereocenters. The number of likely N-dealkylation sites (N-methyl/N-ethyl adjacent to an activating group) is 2. The van der Waals surface area contributed by atoms with Crippen molar-refractivity contribution in [1.82, 2.24) is 15.1 Å².